The van der Waals surface area contributed by atoms with Crippen LogP contribution in [0.15, 0.2) is 89.8 Å². The van der Waals surface area contributed by atoms with Gasteiger partial charge in [-0.2, -0.15) is 5.26 Å². The summed E-state index contributed by atoms with van der Waals surface area (Å²) in [6.07, 6.45) is 0. The van der Waals surface area contributed by atoms with Crippen LogP contribution in [0, 0.1) is 10.7 Å². The van der Waals surface area contributed by atoms with Gasteiger partial charge in [-0.1, -0.05) is 36.4 Å². The highest BCUT2D eigenvalue weighted by molar-refractivity contribution is 8.03. The number of benzene rings is 3. The number of para-hydroxylation sites is 2. The van der Waals surface area contributed by atoms with Crippen molar-refractivity contribution in [1.82, 2.24) is 0 Å². The lowest BCUT2D eigenvalue weighted by Crippen LogP contribution is -2.09. The zero-order valence-corrected chi connectivity index (χ0v) is 12.7. The molecule has 0 fully saturated rings. The minimum absolute atomic E-state index is 0.951. The van der Waals surface area contributed by atoms with Crippen molar-refractivity contribution in [3.63, 3.8) is 0 Å². The lowest BCUT2D eigenvalue weighted by atomic mass is 10.2. The molecular weight excluding hydrogens is 288 g/mol. The maximum Gasteiger partial charge on any atom is 0.138 e. The molecule has 0 spiro atoms. The van der Waals surface area contributed by atoms with Crippen LogP contribution >= 0.6 is 11.8 Å². The highest BCUT2D eigenvalue weighted by Crippen LogP contribution is 2.34. The van der Waals surface area contributed by atoms with Gasteiger partial charge in [0, 0.05) is 22.0 Å². The van der Waals surface area contributed by atoms with E-state index in [1.807, 2.05) is 60.7 Å². The first kappa shape index (κ1) is 14.2. The number of thioether (sulfide) groups is 1. The summed E-state index contributed by atoms with van der Waals surface area (Å²) in [4.78, 5) is 3.15. The zero-order chi connectivity index (χ0) is 15.2. The molecule has 0 saturated carbocycles. The second kappa shape index (κ2) is 6.84. The summed E-state index contributed by atoms with van der Waals surface area (Å²) in [5.74, 6) is 0. The first-order valence-corrected chi connectivity index (χ1v) is 7.76. The quantitative estimate of drug-likeness (QED) is 0.455. The summed E-state index contributed by atoms with van der Waals surface area (Å²) in [7, 11) is 0. The fourth-order valence-electron chi connectivity index (χ4n) is 2.32. The van der Waals surface area contributed by atoms with Crippen molar-refractivity contribution in [3.8, 4) is 5.40 Å². The van der Waals surface area contributed by atoms with Crippen molar-refractivity contribution < 1.29 is 0 Å². The Morgan fingerprint density at radius 2 is 1.09 bits per heavy atom. The van der Waals surface area contributed by atoms with Gasteiger partial charge in [0.05, 0.1) is 0 Å². The maximum absolute atomic E-state index is 8.76. The van der Waals surface area contributed by atoms with Crippen LogP contribution in [0.1, 0.15) is 0 Å². The second-order valence-corrected chi connectivity index (χ2v) is 5.55. The predicted octanol–water partition coefficient (Wildman–Crippen LogP) is 5.73. The lowest BCUT2D eigenvalue weighted by Gasteiger charge is -2.25. The molecule has 0 amide bonds. The van der Waals surface area contributed by atoms with Gasteiger partial charge in [-0.05, 0) is 60.3 Å². The van der Waals surface area contributed by atoms with Crippen LogP contribution in [0.25, 0.3) is 0 Å². The van der Waals surface area contributed by atoms with Crippen LogP contribution in [-0.2, 0) is 0 Å². The van der Waals surface area contributed by atoms with Gasteiger partial charge < -0.3 is 4.90 Å². The summed E-state index contributed by atoms with van der Waals surface area (Å²) >= 11 is 1.17. The molecule has 0 radical (unpaired) electrons. The van der Waals surface area contributed by atoms with E-state index in [-0.39, 0.29) is 0 Å². The SMILES string of the molecule is N#CSc1ccc(N(c2ccccc2)c2ccccc2)cc1. The maximum atomic E-state index is 8.76. The number of hydrogen-bond acceptors (Lipinski definition) is 3. The van der Waals surface area contributed by atoms with Crippen LogP contribution < -0.4 is 4.90 Å². The van der Waals surface area contributed by atoms with Crippen molar-refractivity contribution in [2.75, 3.05) is 4.90 Å². The average Bonchev–Trinajstić information content (AvgIpc) is 2.59. The molecule has 106 valence electrons. The van der Waals surface area contributed by atoms with E-state index in [2.05, 4.69) is 34.6 Å². The molecule has 0 heterocycles. The van der Waals surface area contributed by atoms with Crippen molar-refractivity contribution in [3.05, 3.63) is 84.9 Å². The van der Waals surface area contributed by atoms with Crippen molar-refractivity contribution >= 4 is 28.8 Å². The number of rotatable bonds is 4. The summed E-state index contributed by atoms with van der Waals surface area (Å²) in [5.41, 5.74) is 3.28. The third-order valence-electron chi connectivity index (χ3n) is 3.29. The van der Waals surface area contributed by atoms with Crippen LogP contribution in [0.5, 0.6) is 0 Å². The van der Waals surface area contributed by atoms with Gasteiger partial charge in [0.1, 0.15) is 5.40 Å². The Bertz CT molecular complexity index is 723. The molecule has 2 nitrogen and oxygen atoms in total. The topological polar surface area (TPSA) is 27.0 Å². The van der Waals surface area contributed by atoms with E-state index in [0.717, 1.165) is 22.0 Å². The second-order valence-electron chi connectivity index (χ2n) is 4.69. The molecule has 3 rings (SSSR count). The van der Waals surface area contributed by atoms with E-state index in [1.54, 1.807) is 0 Å². The van der Waals surface area contributed by atoms with Gasteiger partial charge >= 0.3 is 0 Å². The van der Waals surface area contributed by atoms with E-state index in [4.69, 9.17) is 5.26 Å². The van der Waals surface area contributed by atoms with Gasteiger partial charge in [-0.25, -0.2) is 0 Å². The van der Waals surface area contributed by atoms with Crippen molar-refractivity contribution in [2.45, 2.75) is 4.90 Å². The Balaban J connectivity index is 2.04. The predicted molar refractivity (Wildman–Crippen MR) is 92.6 cm³/mol. The average molecular weight is 302 g/mol. The molecule has 3 aromatic carbocycles. The number of hydrogen-bond donors (Lipinski definition) is 0. The van der Waals surface area contributed by atoms with E-state index in [0.29, 0.717) is 0 Å². The van der Waals surface area contributed by atoms with Gasteiger partial charge in [-0.3, -0.25) is 0 Å². The van der Waals surface area contributed by atoms with Gasteiger partial charge in [0.15, 0.2) is 0 Å². The smallest absolute Gasteiger partial charge is 0.138 e. The summed E-state index contributed by atoms with van der Waals surface area (Å²) in [6.45, 7) is 0. The minimum Gasteiger partial charge on any atom is -0.311 e. The molecule has 0 aliphatic rings. The Morgan fingerprint density at radius 1 is 0.636 bits per heavy atom. The molecule has 22 heavy (non-hydrogen) atoms. The summed E-state index contributed by atoms with van der Waals surface area (Å²) in [6, 6.07) is 28.5. The summed E-state index contributed by atoms with van der Waals surface area (Å²) in [5, 5.41) is 10.9. The van der Waals surface area contributed by atoms with Gasteiger partial charge in [-0.15, -0.1) is 0 Å². The third-order valence-corrected chi connectivity index (χ3v) is 3.89. The molecule has 0 bridgehead atoms. The number of nitrogens with zero attached hydrogens (tertiary/aromatic N) is 2. The molecule has 3 heteroatoms. The van der Waals surface area contributed by atoms with Crippen molar-refractivity contribution in [2.24, 2.45) is 0 Å². The highest BCUT2D eigenvalue weighted by Gasteiger charge is 2.11. The fraction of sp³-hybridized carbons (Fsp3) is 0. The fourth-order valence-corrected chi connectivity index (χ4v) is 2.69. The van der Waals surface area contributed by atoms with Crippen LogP contribution in [0.4, 0.5) is 17.1 Å². The van der Waals surface area contributed by atoms with Gasteiger partial charge in [0.2, 0.25) is 0 Å². The summed E-state index contributed by atoms with van der Waals surface area (Å²) < 4.78 is 0. The largest absolute Gasteiger partial charge is 0.311 e. The molecule has 0 saturated heterocycles. The standard InChI is InChI=1S/C19H14N2S/c20-15-22-19-13-11-18(12-14-19)21(16-7-3-1-4-8-16)17-9-5-2-6-10-17/h1-14H. The molecule has 0 N–H and O–H groups in total. The number of nitriles is 1. The normalized spacial score (nSPS) is 9.95. The first-order chi connectivity index (χ1) is 10.9. The molecule has 0 unspecified atom stereocenters. The zero-order valence-electron chi connectivity index (χ0n) is 11.9. The monoisotopic (exact) mass is 302 g/mol. The Labute approximate surface area is 134 Å². The van der Waals surface area contributed by atoms with Crippen LogP contribution in [-0.4, -0.2) is 0 Å². The highest BCUT2D eigenvalue weighted by atomic mass is 32.2. The first-order valence-electron chi connectivity index (χ1n) is 6.95. The van der Waals surface area contributed by atoms with Crippen LogP contribution in [0.3, 0.4) is 0 Å². The van der Waals surface area contributed by atoms with E-state index < -0.39 is 0 Å². The molecule has 0 aromatic heterocycles. The van der Waals surface area contributed by atoms with Crippen LogP contribution in [0.2, 0.25) is 0 Å². The van der Waals surface area contributed by atoms with Crippen molar-refractivity contribution in [1.29, 1.82) is 5.26 Å². The van der Waals surface area contributed by atoms with E-state index in [1.165, 1.54) is 11.8 Å². The molecular formula is C19H14N2S. The molecule has 0 atom stereocenters. The lowest BCUT2D eigenvalue weighted by molar-refractivity contribution is 1.27. The molecule has 0 aliphatic heterocycles. The number of thiocyanates is 1. The molecule has 0 aliphatic carbocycles. The Morgan fingerprint density at radius 3 is 1.55 bits per heavy atom. The minimum atomic E-state index is 0.951. The van der Waals surface area contributed by atoms with E-state index in [9.17, 15) is 0 Å². The van der Waals surface area contributed by atoms with E-state index >= 15 is 0 Å². The Hall–Kier alpha value is -2.70. The molecule has 3 aromatic rings. The van der Waals surface area contributed by atoms with Gasteiger partial charge in [0.25, 0.3) is 0 Å². The number of anilines is 3. The Kier molecular flexibility index (Phi) is 4.43. The third kappa shape index (κ3) is 3.13.